The maximum atomic E-state index is 12.1. The average molecular weight is 308 g/mol. The molecule has 0 aliphatic carbocycles. The molecule has 1 aromatic carbocycles. The predicted octanol–water partition coefficient (Wildman–Crippen LogP) is 3.57. The molecule has 1 aliphatic rings. The Morgan fingerprint density at radius 2 is 1.56 bits per heavy atom. The number of hydrogen-bond acceptors (Lipinski definition) is 2. The van der Waals surface area contributed by atoms with Crippen LogP contribution >= 0.6 is 15.9 Å². The van der Waals surface area contributed by atoms with Gasteiger partial charge < -0.3 is 0 Å². The summed E-state index contributed by atoms with van der Waals surface area (Å²) < 4.78 is 0.810. The Hall–Kier alpha value is -1.42. The van der Waals surface area contributed by atoms with Crippen molar-refractivity contribution in [2.45, 2.75) is 20.8 Å². The van der Waals surface area contributed by atoms with Crippen LogP contribution in [0.3, 0.4) is 0 Å². The van der Waals surface area contributed by atoms with Gasteiger partial charge >= 0.3 is 0 Å². The van der Waals surface area contributed by atoms with Crippen LogP contribution in [0.25, 0.3) is 0 Å². The molecule has 0 spiro atoms. The molecule has 0 bridgehead atoms. The molecule has 1 aromatic rings. The van der Waals surface area contributed by atoms with Crippen molar-refractivity contribution in [3.05, 3.63) is 46.1 Å². The van der Waals surface area contributed by atoms with Crippen LogP contribution in [0, 0.1) is 5.41 Å². The second-order valence-corrected chi connectivity index (χ2v) is 6.11. The Morgan fingerprint density at radius 1 is 1.11 bits per heavy atom. The van der Waals surface area contributed by atoms with Crippen molar-refractivity contribution in [1.29, 1.82) is 0 Å². The van der Waals surface area contributed by atoms with Crippen molar-refractivity contribution in [3.63, 3.8) is 0 Å². The molecule has 0 aromatic heterocycles. The number of hydrogen-bond donors (Lipinski definition) is 0. The summed E-state index contributed by atoms with van der Waals surface area (Å²) in [5, 5.41) is 0. The van der Waals surface area contributed by atoms with E-state index in [4.69, 9.17) is 0 Å². The minimum Gasteiger partial charge on any atom is -0.268 e. The number of amides is 2. The van der Waals surface area contributed by atoms with E-state index in [1.165, 1.54) is 4.90 Å². The van der Waals surface area contributed by atoms with Gasteiger partial charge in [-0.15, -0.1) is 0 Å². The van der Waals surface area contributed by atoms with Gasteiger partial charge in [0.15, 0.2) is 0 Å². The Kier molecular flexibility index (Phi) is 3.15. The van der Waals surface area contributed by atoms with Crippen LogP contribution in [0.15, 0.2) is 34.9 Å². The Balaban J connectivity index is 2.41. The molecule has 4 heteroatoms. The summed E-state index contributed by atoms with van der Waals surface area (Å²) in [6, 6.07) is 6.87. The van der Waals surface area contributed by atoms with Gasteiger partial charge in [-0.05, 0) is 17.5 Å². The lowest BCUT2D eigenvalue weighted by Crippen LogP contribution is -2.25. The normalized spacial score (nSPS) is 16.2. The summed E-state index contributed by atoms with van der Waals surface area (Å²) in [5.41, 5.74) is 0.788. The first kappa shape index (κ1) is 13.0. The average Bonchev–Trinajstić information content (AvgIpc) is 2.54. The smallest absolute Gasteiger partial charge is 0.265 e. The predicted molar refractivity (Wildman–Crippen MR) is 73.4 cm³/mol. The zero-order chi connectivity index (χ0) is 13.5. The van der Waals surface area contributed by atoms with Crippen LogP contribution in [-0.2, 0) is 0 Å². The lowest BCUT2D eigenvalue weighted by molar-refractivity contribution is 0.0720. The van der Waals surface area contributed by atoms with Gasteiger partial charge in [-0.2, -0.15) is 0 Å². The molecule has 94 valence electrons. The molecule has 0 unspecified atom stereocenters. The molecular weight excluding hydrogens is 294 g/mol. The summed E-state index contributed by atoms with van der Waals surface area (Å²) in [5.74, 6) is -0.534. The number of halogens is 1. The number of imide groups is 1. The number of allylic oxidation sites excluding steroid dienone is 1. The fourth-order valence-electron chi connectivity index (χ4n) is 1.63. The number of benzene rings is 1. The lowest BCUT2D eigenvalue weighted by Gasteiger charge is -2.19. The van der Waals surface area contributed by atoms with Crippen LogP contribution < -0.4 is 0 Å². The molecule has 1 heterocycles. The maximum absolute atomic E-state index is 12.1. The van der Waals surface area contributed by atoms with E-state index in [1.807, 2.05) is 20.8 Å². The van der Waals surface area contributed by atoms with Crippen molar-refractivity contribution >= 4 is 27.7 Å². The number of carbonyl (C=O) groups is 2. The van der Waals surface area contributed by atoms with E-state index in [-0.39, 0.29) is 17.2 Å². The molecule has 2 rings (SSSR count). The molecule has 0 saturated carbocycles. The van der Waals surface area contributed by atoms with E-state index in [0.29, 0.717) is 11.1 Å². The van der Waals surface area contributed by atoms with Gasteiger partial charge in [-0.3, -0.25) is 9.59 Å². The topological polar surface area (TPSA) is 37.4 Å². The molecule has 0 fully saturated rings. The summed E-state index contributed by atoms with van der Waals surface area (Å²) in [7, 11) is 0. The number of rotatable bonds is 1. The highest BCUT2D eigenvalue weighted by Crippen LogP contribution is 2.32. The summed E-state index contributed by atoms with van der Waals surface area (Å²) >= 11 is 3.42. The van der Waals surface area contributed by atoms with Gasteiger partial charge in [0.05, 0.1) is 11.1 Å². The second-order valence-electron chi connectivity index (χ2n) is 5.25. The summed E-state index contributed by atoms with van der Waals surface area (Å²) in [6.07, 6.45) is 1.57. The van der Waals surface area contributed by atoms with Gasteiger partial charge in [0.2, 0.25) is 0 Å². The van der Waals surface area contributed by atoms with Crippen molar-refractivity contribution in [2.75, 3.05) is 0 Å². The minimum absolute atomic E-state index is 0.144. The van der Waals surface area contributed by atoms with E-state index in [0.717, 1.165) is 4.48 Å². The number of nitrogens with zero attached hydrogens (tertiary/aromatic N) is 1. The van der Waals surface area contributed by atoms with E-state index in [2.05, 4.69) is 15.9 Å². The van der Waals surface area contributed by atoms with E-state index >= 15 is 0 Å². The molecule has 2 amide bonds. The standard InChI is InChI=1S/C14H14BrNO2/c1-14(2,3)11(15)8-16-12(17)9-6-4-5-7-10(9)13(16)18/h4-8H,1-3H3/b11-8+. The minimum atomic E-state index is -0.267. The third-order valence-corrected chi connectivity index (χ3v) is 4.18. The number of fused-ring (bicyclic) bond motifs is 1. The van der Waals surface area contributed by atoms with Crippen LogP contribution in [0.1, 0.15) is 41.5 Å². The molecule has 18 heavy (non-hydrogen) atoms. The Labute approximate surface area is 115 Å². The molecule has 0 N–H and O–H groups in total. The third kappa shape index (κ3) is 2.12. The molecular formula is C14H14BrNO2. The first-order valence-electron chi connectivity index (χ1n) is 5.67. The van der Waals surface area contributed by atoms with Crippen LogP contribution in [0.5, 0.6) is 0 Å². The largest absolute Gasteiger partial charge is 0.268 e. The van der Waals surface area contributed by atoms with Crippen LogP contribution in [0.4, 0.5) is 0 Å². The fourth-order valence-corrected chi connectivity index (χ4v) is 1.84. The first-order chi connectivity index (χ1) is 8.32. The lowest BCUT2D eigenvalue weighted by atomic mass is 9.97. The Morgan fingerprint density at radius 3 is 1.94 bits per heavy atom. The van der Waals surface area contributed by atoms with Gasteiger partial charge in [0.25, 0.3) is 11.8 Å². The zero-order valence-electron chi connectivity index (χ0n) is 10.5. The quantitative estimate of drug-likeness (QED) is 0.744. The number of carbonyl (C=O) groups excluding carboxylic acids is 2. The first-order valence-corrected chi connectivity index (χ1v) is 6.46. The summed E-state index contributed by atoms with van der Waals surface area (Å²) in [4.78, 5) is 25.4. The van der Waals surface area contributed by atoms with Gasteiger partial charge in [-0.25, -0.2) is 4.90 Å². The highest BCUT2D eigenvalue weighted by atomic mass is 79.9. The molecule has 0 radical (unpaired) electrons. The third-order valence-electron chi connectivity index (χ3n) is 2.78. The zero-order valence-corrected chi connectivity index (χ0v) is 12.1. The highest BCUT2D eigenvalue weighted by Gasteiger charge is 2.34. The highest BCUT2D eigenvalue weighted by molar-refractivity contribution is 9.11. The molecule has 0 atom stereocenters. The van der Waals surface area contributed by atoms with E-state index in [9.17, 15) is 9.59 Å². The van der Waals surface area contributed by atoms with Crippen molar-refractivity contribution in [2.24, 2.45) is 5.41 Å². The maximum Gasteiger partial charge on any atom is 0.265 e. The molecule has 0 saturated heterocycles. The van der Waals surface area contributed by atoms with E-state index < -0.39 is 0 Å². The van der Waals surface area contributed by atoms with Crippen LogP contribution in [-0.4, -0.2) is 16.7 Å². The van der Waals surface area contributed by atoms with Gasteiger partial charge in [0.1, 0.15) is 0 Å². The van der Waals surface area contributed by atoms with E-state index in [1.54, 1.807) is 30.5 Å². The van der Waals surface area contributed by atoms with Crippen molar-refractivity contribution in [1.82, 2.24) is 4.90 Å². The monoisotopic (exact) mass is 307 g/mol. The van der Waals surface area contributed by atoms with Crippen molar-refractivity contribution < 1.29 is 9.59 Å². The SMILES string of the molecule is CC(C)(C)/C(Br)=C\N1C(=O)c2ccccc2C1=O. The molecule has 1 aliphatic heterocycles. The van der Waals surface area contributed by atoms with Gasteiger partial charge in [0, 0.05) is 10.7 Å². The van der Waals surface area contributed by atoms with Crippen LogP contribution in [0.2, 0.25) is 0 Å². The second kappa shape index (κ2) is 4.35. The van der Waals surface area contributed by atoms with Crippen molar-refractivity contribution in [3.8, 4) is 0 Å². The fraction of sp³-hybridized carbons (Fsp3) is 0.286. The Bertz CT molecular complexity index is 520. The summed E-state index contributed by atoms with van der Waals surface area (Å²) in [6.45, 7) is 6.02. The van der Waals surface area contributed by atoms with Gasteiger partial charge in [-0.1, -0.05) is 48.8 Å². The molecule has 3 nitrogen and oxygen atoms in total.